The quantitative estimate of drug-likeness (QED) is 0.739. The van der Waals surface area contributed by atoms with Crippen LogP contribution in [0.2, 0.25) is 0 Å². The molecule has 108 valence electrons. The summed E-state index contributed by atoms with van der Waals surface area (Å²) in [7, 11) is 0. The Morgan fingerprint density at radius 3 is 2.53 bits per heavy atom. The summed E-state index contributed by atoms with van der Waals surface area (Å²) in [6, 6.07) is 6.83. The molecular formula is C17H29NO. The maximum atomic E-state index is 8.81. The maximum absolute atomic E-state index is 8.81. The Bertz CT molecular complexity index is 396. The molecule has 0 bridgehead atoms. The first-order valence-electron chi connectivity index (χ1n) is 7.31. The van der Waals surface area contributed by atoms with Crippen LogP contribution in [-0.2, 0) is 5.41 Å². The molecule has 1 aromatic rings. The van der Waals surface area contributed by atoms with Gasteiger partial charge in [-0.3, -0.25) is 0 Å². The summed E-state index contributed by atoms with van der Waals surface area (Å²) in [4.78, 5) is 0. The standard InChI is InChI=1S/C17H29NO/c1-13(2)15-8-7-14(3)16(11-15)17(4,5)12-18-9-6-10-19/h7-8,11,13,18-19H,6,9-10,12H2,1-5H3. The van der Waals surface area contributed by atoms with Crippen LogP contribution in [0.25, 0.3) is 0 Å². The fourth-order valence-electron chi connectivity index (χ4n) is 2.43. The van der Waals surface area contributed by atoms with Gasteiger partial charge in [0.25, 0.3) is 0 Å². The van der Waals surface area contributed by atoms with Crippen LogP contribution in [0.1, 0.15) is 56.7 Å². The molecule has 0 spiro atoms. The summed E-state index contributed by atoms with van der Waals surface area (Å²) in [6.45, 7) is 13.3. The highest BCUT2D eigenvalue weighted by molar-refractivity contribution is 5.37. The molecule has 2 nitrogen and oxygen atoms in total. The highest BCUT2D eigenvalue weighted by Crippen LogP contribution is 2.28. The maximum Gasteiger partial charge on any atom is 0.0443 e. The lowest BCUT2D eigenvalue weighted by molar-refractivity contribution is 0.284. The van der Waals surface area contributed by atoms with E-state index in [9.17, 15) is 0 Å². The molecule has 0 radical (unpaired) electrons. The summed E-state index contributed by atoms with van der Waals surface area (Å²) >= 11 is 0. The molecule has 0 atom stereocenters. The van der Waals surface area contributed by atoms with Crippen LogP contribution >= 0.6 is 0 Å². The highest BCUT2D eigenvalue weighted by atomic mass is 16.3. The van der Waals surface area contributed by atoms with E-state index in [0.717, 1.165) is 19.5 Å². The molecule has 0 aliphatic carbocycles. The van der Waals surface area contributed by atoms with Crippen molar-refractivity contribution in [3.8, 4) is 0 Å². The number of aryl methyl sites for hydroxylation is 1. The molecule has 0 aromatic heterocycles. The summed E-state index contributed by atoms with van der Waals surface area (Å²) < 4.78 is 0. The first-order chi connectivity index (χ1) is 8.88. The van der Waals surface area contributed by atoms with Crippen LogP contribution in [0.4, 0.5) is 0 Å². The number of aliphatic hydroxyl groups is 1. The van der Waals surface area contributed by atoms with Crippen molar-refractivity contribution in [1.29, 1.82) is 0 Å². The van der Waals surface area contributed by atoms with E-state index >= 15 is 0 Å². The molecule has 0 saturated carbocycles. The van der Waals surface area contributed by atoms with Crippen molar-refractivity contribution in [2.45, 2.75) is 52.4 Å². The van der Waals surface area contributed by atoms with Crippen molar-refractivity contribution in [1.82, 2.24) is 5.32 Å². The van der Waals surface area contributed by atoms with E-state index in [2.05, 4.69) is 58.1 Å². The third-order valence-electron chi connectivity index (χ3n) is 3.74. The summed E-state index contributed by atoms with van der Waals surface area (Å²) in [5, 5.41) is 12.3. The van der Waals surface area contributed by atoms with Gasteiger partial charge in [-0.2, -0.15) is 0 Å². The van der Waals surface area contributed by atoms with Crippen LogP contribution < -0.4 is 5.32 Å². The molecule has 0 amide bonds. The lowest BCUT2D eigenvalue weighted by Crippen LogP contribution is -2.34. The van der Waals surface area contributed by atoms with Crippen molar-refractivity contribution >= 4 is 0 Å². The van der Waals surface area contributed by atoms with Crippen LogP contribution in [0.15, 0.2) is 18.2 Å². The van der Waals surface area contributed by atoms with Gasteiger partial charge in [-0.25, -0.2) is 0 Å². The van der Waals surface area contributed by atoms with E-state index in [0.29, 0.717) is 5.92 Å². The Morgan fingerprint density at radius 2 is 1.95 bits per heavy atom. The second-order valence-electron chi connectivity index (χ2n) is 6.37. The second kappa shape index (κ2) is 7.06. The van der Waals surface area contributed by atoms with Crippen molar-refractivity contribution in [2.24, 2.45) is 0 Å². The van der Waals surface area contributed by atoms with Crippen LogP contribution in [0, 0.1) is 6.92 Å². The molecule has 2 heteroatoms. The van der Waals surface area contributed by atoms with Crippen molar-refractivity contribution in [2.75, 3.05) is 19.7 Å². The summed E-state index contributed by atoms with van der Waals surface area (Å²) in [5.74, 6) is 0.567. The molecule has 19 heavy (non-hydrogen) atoms. The zero-order valence-electron chi connectivity index (χ0n) is 13.1. The molecule has 1 rings (SSSR count). The minimum absolute atomic E-state index is 0.116. The lowest BCUT2D eigenvalue weighted by atomic mass is 9.80. The van der Waals surface area contributed by atoms with E-state index in [1.165, 1.54) is 16.7 Å². The molecule has 0 heterocycles. The largest absolute Gasteiger partial charge is 0.396 e. The van der Waals surface area contributed by atoms with Gasteiger partial charge in [-0.15, -0.1) is 0 Å². The minimum Gasteiger partial charge on any atom is -0.396 e. The van der Waals surface area contributed by atoms with Crippen molar-refractivity contribution in [3.63, 3.8) is 0 Å². The van der Waals surface area contributed by atoms with Gasteiger partial charge in [0.2, 0.25) is 0 Å². The molecule has 0 unspecified atom stereocenters. The van der Waals surface area contributed by atoms with Crippen LogP contribution in [0.3, 0.4) is 0 Å². The normalized spacial score (nSPS) is 12.2. The highest BCUT2D eigenvalue weighted by Gasteiger charge is 2.22. The number of hydrogen-bond acceptors (Lipinski definition) is 2. The van der Waals surface area contributed by atoms with Gasteiger partial charge >= 0.3 is 0 Å². The fraction of sp³-hybridized carbons (Fsp3) is 0.647. The zero-order chi connectivity index (χ0) is 14.5. The Kier molecular flexibility index (Phi) is 6.02. The van der Waals surface area contributed by atoms with E-state index < -0.39 is 0 Å². The predicted octanol–water partition coefficient (Wildman–Crippen LogP) is 3.37. The molecule has 2 N–H and O–H groups in total. The zero-order valence-corrected chi connectivity index (χ0v) is 13.1. The van der Waals surface area contributed by atoms with Crippen LogP contribution in [-0.4, -0.2) is 24.8 Å². The topological polar surface area (TPSA) is 32.3 Å². The number of nitrogens with one attached hydrogen (secondary N) is 1. The first kappa shape index (κ1) is 16.2. The van der Waals surface area contributed by atoms with Gasteiger partial charge in [-0.05, 0) is 42.5 Å². The molecule has 0 aliphatic rings. The average Bonchev–Trinajstić information content (AvgIpc) is 2.34. The number of aliphatic hydroxyl groups excluding tert-OH is 1. The SMILES string of the molecule is Cc1ccc(C(C)C)cc1C(C)(C)CNCCCO. The number of benzene rings is 1. The molecular weight excluding hydrogens is 234 g/mol. The lowest BCUT2D eigenvalue weighted by Gasteiger charge is -2.28. The Balaban J connectivity index is 2.83. The Labute approximate surface area is 118 Å². The van der Waals surface area contributed by atoms with E-state index in [1.54, 1.807) is 0 Å². The summed E-state index contributed by atoms with van der Waals surface area (Å²) in [6.07, 6.45) is 0.821. The fourth-order valence-corrected chi connectivity index (χ4v) is 2.43. The Morgan fingerprint density at radius 1 is 1.26 bits per heavy atom. The monoisotopic (exact) mass is 263 g/mol. The molecule has 1 aromatic carbocycles. The minimum atomic E-state index is 0.116. The smallest absolute Gasteiger partial charge is 0.0443 e. The molecule has 0 fully saturated rings. The first-order valence-corrected chi connectivity index (χ1v) is 7.31. The van der Waals surface area contributed by atoms with E-state index in [4.69, 9.17) is 5.11 Å². The van der Waals surface area contributed by atoms with Gasteiger partial charge in [0, 0.05) is 18.6 Å². The van der Waals surface area contributed by atoms with Gasteiger partial charge in [0.1, 0.15) is 0 Å². The van der Waals surface area contributed by atoms with Gasteiger partial charge in [0.15, 0.2) is 0 Å². The van der Waals surface area contributed by atoms with Gasteiger partial charge in [-0.1, -0.05) is 45.9 Å². The number of rotatable bonds is 7. The van der Waals surface area contributed by atoms with Gasteiger partial charge in [0.05, 0.1) is 0 Å². The van der Waals surface area contributed by atoms with Crippen molar-refractivity contribution < 1.29 is 5.11 Å². The summed E-state index contributed by atoms with van der Waals surface area (Å²) in [5.41, 5.74) is 4.31. The molecule has 0 aliphatic heterocycles. The second-order valence-corrected chi connectivity index (χ2v) is 6.37. The third kappa shape index (κ3) is 4.63. The third-order valence-corrected chi connectivity index (χ3v) is 3.74. The van der Waals surface area contributed by atoms with Crippen molar-refractivity contribution in [3.05, 3.63) is 34.9 Å². The average molecular weight is 263 g/mol. The number of hydrogen-bond donors (Lipinski definition) is 2. The van der Waals surface area contributed by atoms with E-state index in [1.807, 2.05) is 0 Å². The van der Waals surface area contributed by atoms with Crippen LogP contribution in [0.5, 0.6) is 0 Å². The Hall–Kier alpha value is -0.860. The predicted molar refractivity (Wildman–Crippen MR) is 82.9 cm³/mol. The van der Waals surface area contributed by atoms with E-state index in [-0.39, 0.29) is 12.0 Å². The molecule has 0 saturated heterocycles. The van der Waals surface area contributed by atoms with Gasteiger partial charge < -0.3 is 10.4 Å².